The zero-order valence-electron chi connectivity index (χ0n) is 21.2. The van der Waals surface area contributed by atoms with Crippen molar-refractivity contribution in [1.29, 1.82) is 0 Å². The Labute approximate surface area is 198 Å². The minimum atomic E-state index is 0.287. The number of aromatic nitrogens is 2. The van der Waals surface area contributed by atoms with E-state index in [9.17, 15) is 0 Å². The Hall–Kier alpha value is -1.66. The van der Waals surface area contributed by atoms with Crippen LogP contribution < -0.4 is 11.2 Å². The number of hydrazine groups is 1. The second-order valence-electron chi connectivity index (χ2n) is 8.66. The predicted octanol–water partition coefficient (Wildman–Crippen LogP) is 5.52. The average molecular weight is 440 g/mol. The molecule has 0 spiro atoms. The summed E-state index contributed by atoms with van der Waals surface area (Å²) in [6.07, 6.45) is 16.8. The summed E-state index contributed by atoms with van der Waals surface area (Å²) in [7, 11) is 8.26. The Bertz CT molecular complexity index is 679. The summed E-state index contributed by atoms with van der Waals surface area (Å²) in [4.78, 5) is 8.75. The van der Waals surface area contributed by atoms with Crippen molar-refractivity contribution in [2.45, 2.75) is 104 Å². The highest BCUT2D eigenvalue weighted by Crippen LogP contribution is 2.36. The Morgan fingerprint density at radius 2 is 1.62 bits per heavy atom. The first-order valence-corrected chi connectivity index (χ1v) is 12.6. The molecule has 1 atom stereocenters. The molecule has 3 N–H and O–H groups in total. The maximum atomic E-state index is 6.28. The highest BCUT2D eigenvalue weighted by Gasteiger charge is 2.34. The molecule has 2 radical (unpaired) electrons. The van der Waals surface area contributed by atoms with Crippen LogP contribution in [0.3, 0.4) is 0 Å². The van der Waals surface area contributed by atoms with E-state index in [0.29, 0.717) is 12.0 Å². The van der Waals surface area contributed by atoms with Crippen molar-refractivity contribution in [2.75, 3.05) is 7.05 Å². The lowest BCUT2D eigenvalue weighted by atomic mass is 9.79. The zero-order valence-corrected chi connectivity index (χ0v) is 21.2. The third-order valence-corrected chi connectivity index (χ3v) is 6.10. The van der Waals surface area contributed by atoms with Crippen LogP contribution in [0.25, 0.3) is 5.57 Å². The van der Waals surface area contributed by atoms with Gasteiger partial charge in [0.05, 0.1) is 11.7 Å². The monoisotopic (exact) mass is 439 g/mol. The third-order valence-electron chi connectivity index (χ3n) is 6.10. The van der Waals surface area contributed by atoms with E-state index in [1.807, 2.05) is 52.0 Å². The minimum absolute atomic E-state index is 0.287. The summed E-state index contributed by atoms with van der Waals surface area (Å²) < 4.78 is 0. The number of rotatable bonds is 2. The predicted molar refractivity (Wildman–Crippen MR) is 139 cm³/mol. The van der Waals surface area contributed by atoms with Crippen molar-refractivity contribution >= 4 is 13.4 Å². The average Bonchev–Trinajstić information content (AvgIpc) is 3.12. The van der Waals surface area contributed by atoms with E-state index >= 15 is 0 Å². The van der Waals surface area contributed by atoms with E-state index < -0.39 is 0 Å². The number of nitrogens with zero attached hydrogens (tertiary/aromatic N) is 3. The molecule has 1 unspecified atom stereocenters. The summed E-state index contributed by atoms with van der Waals surface area (Å²) in [6.45, 7) is 11.2. The number of allylic oxidation sites excluding steroid dienone is 1. The van der Waals surface area contributed by atoms with E-state index in [0.717, 1.165) is 22.7 Å². The fraction of sp³-hybridized carbons (Fsp3) is 0.692. The third kappa shape index (κ3) is 9.07. The van der Waals surface area contributed by atoms with Crippen molar-refractivity contribution in [3.8, 4) is 0 Å². The fourth-order valence-electron chi connectivity index (χ4n) is 4.52. The van der Waals surface area contributed by atoms with Crippen molar-refractivity contribution in [2.24, 2.45) is 11.7 Å². The molecule has 1 aromatic rings. The molecule has 0 saturated heterocycles. The summed E-state index contributed by atoms with van der Waals surface area (Å²) >= 11 is 0. The summed E-state index contributed by atoms with van der Waals surface area (Å²) in [6, 6.07) is 2.79. The highest BCUT2D eigenvalue weighted by molar-refractivity contribution is 6.25. The number of nitrogens with two attached hydrogens (primary N) is 1. The van der Waals surface area contributed by atoms with Crippen LogP contribution in [0.4, 0.5) is 0 Å². The van der Waals surface area contributed by atoms with Gasteiger partial charge in [0.25, 0.3) is 0 Å². The molecule has 4 rings (SSSR count). The molecule has 0 amide bonds. The second-order valence-corrected chi connectivity index (χ2v) is 8.66. The van der Waals surface area contributed by atoms with Gasteiger partial charge in [-0.1, -0.05) is 58.4 Å². The van der Waals surface area contributed by atoms with Crippen molar-refractivity contribution in [3.05, 3.63) is 42.0 Å². The first-order chi connectivity index (χ1) is 15.5. The fourth-order valence-corrected chi connectivity index (χ4v) is 4.52. The molecule has 2 heterocycles. The molecular formula is C26H46BN5. The molecule has 2 fully saturated rings. The molecule has 32 heavy (non-hydrogen) atoms. The number of hydrogen-bond donors (Lipinski definition) is 2. The molecule has 178 valence electrons. The second kappa shape index (κ2) is 16.0. The van der Waals surface area contributed by atoms with Gasteiger partial charge >= 0.3 is 0 Å². The van der Waals surface area contributed by atoms with Crippen LogP contribution in [0.5, 0.6) is 0 Å². The molecule has 0 bridgehead atoms. The van der Waals surface area contributed by atoms with Crippen LogP contribution in [0.15, 0.2) is 30.5 Å². The number of nitrogens with one attached hydrogen (secondary N) is 1. The van der Waals surface area contributed by atoms with Gasteiger partial charge in [-0.3, -0.25) is 0 Å². The maximum absolute atomic E-state index is 6.28. The first kappa shape index (κ1) is 28.4. The zero-order chi connectivity index (χ0) is 23.9. The van der Waals surface area contributed by atoms with Gasteiger partial charge in [-0.05, 0) is 57.1 Å². The summed E-state index contributed by atoms with van der Waals surface area (Å²) in [5.74, 6) is 1.44. The van der Waals surface area contributed by atoms with Crippen LogP contribution in [0, 0.1) is 12.8 Å². The normalized spacial score (nSPS) is 21.4. The van der Waals surface area contributed by atoms with E-state index in [1.165, 1.54) is 64.2 Å². The lowest BCUT2D eigenvalue weighted by molar-refractivity contribution is 0.238. The standard InChI is InChI=1S/C15H21BN4.C6H13N.C3H6.C2H6/c1-10-17-9-8-12(18-10)13-14(19-20(2)15(13)16)11-6-4-3-5-7-11;7-6-4-2-1-3-5-6;1-3-2;1-2/h8-9,11,14,19H,3-7H2,1-2H3;6H,1-5,7H2;3H,1H2,2H3;1-2H3. The Kier molecular flexibility index (Phi) is 14.2. The van der Waals surface area contributed by atoms with Gasteiger partial charge in [0.2, 0.25) is 0 Å². The lowest BCUT2D eigenvalue weighted by Gasteiger charge is -2.30. The quantitative estimate of drug-likeness (QED) is 0.469. The maximum Gasteiger partial charge on any atom is 0.141 e. The highest BCUT2D eigenvalue weighted by atomic mass is 15.5. The smallest absolute Gasteiger partial charge is 0.141 e. The van der Waals surface area contributed by atoms with Gasteiger partial charge in [-0.25, -0.2) is 15.4 Å². The molecule has 1 aliphatic heterocycles. The van der Waals surface area contributed by atoms with Crippen molar-refractivity contribution < 1.29 is 0 Å². The molecule has 2 aliphatic carbocycles. The minimum Gasteiger partial charge on any atom is -0.328 e. The van der Waals surface area contributed by atoms with Crippen molar-refractivity contribution in [3.63, 3.8) is 0 Å². The van der Waals surface area contributed by atoms with Gasteiger partial charge in [0.15, 0.2) is 0 Å². The largest absolute Gasteiger partial charge is 0.328 e. The Morgan fingerprint density at radius 3 is 2.09 bits per heavy atom. The molecule has 6 heteroatoms. The van der Waals surface area contributed by atoms with Crippen LogP contribution in [0.1, 0.15) is 96.5 Å². The number of hydrogen-bond acceptors (Lipinski definition) is 5. The van der Waals surface area contributed by atoms with Crippen LogP contribution >= 0.6 is 0 Å². The molecule has 0 aromatic carbocycles. The van der Waals surface area contributed by atoms with E-state index in [4.69, 9.17) is 13.6 Å². The Balaban J connectivity index is 0.000000355. The summed E-state index contributed by atoms with van der Waals surface area (Å²) in [5.41, 5.74) is 12.0. The Morgan fingerprint density at radius 1 is 1.09 bits per heavy atom. The molecule has 3 aliphatic rings. The van der Waals surface area contributed by atoms with E-state index in [-0.39, 0.29) is 6.04 Å². The summed E-state index contributed by atoms with van der Waals surface area (Å²) in [5, 5.41) is 1.94. The molecule has 5 nitrogen and oxygen atoms in total. The van der Waals surface area contributed by atoms with Crippen LogP contribution in [-0.2, 0) is 0 Å². The van der Waals surface area contributed by atoms with Gasteiger partial charge in [0, 0.05) is 24.9 Å². The van der Waals surface area contributed by atoms with Gasteiger partial charge in [-0.2, -0.15) is 0 Å². The number of aryl methyl sites for hydroxylation is 1. The van der Waals surface area contributed by atoms with Gasteiger partial charge in [-0.15, -0.1) is 6.58 Å². The van der Waals surface area contributed by atoms with Gasteiger partial charge in [0.1, 0.15) is 13.7 Å². The molecule has 2 saturated carbocycles. The topological polar surface area (TPSA) is 67.1 Å². The first-order valence-electron chi connectivity index (χ1n) is 12.6. The van der Waals surface area contributed by atoms with Crippen LogP contribution in [0.2, 0.25) is 0 Å². The van der Waals surface area contributed by atoms with Crippen LogP contribution in [-0.4, -0.2) is 42.0 Å². The van der Waals surface area contributed by atoms with Crippen molar-refractivity contribution in [1.82, 2.24) is 20.4 Å². The molecular weight excluding hydrogens is 393 g/mol. The molecule has 1 aromatic heterocycles. The lowest BCUT2D eigenvalue weighted by Crippen LogP contribution is -2.40. The van der Waals surface area contributed by atoms with E-state index in [1.54, 1.807) is 6.08 Å². The van der Waals surface area contributed by atoms with E-state index in [2.05, 4.69) is 22.0 Å². The SMILES string of the molecule is C=CC.CC.NC1CCCCC1.[B]C1=C(c2ccnc(C)n2)C(C2CCCCC2)NN1C. The van der Waals surface area contributed by atoms with Gasteiger partial charge < -0.3 is 10.7 Å².